The molecule has 0 heterocycles. The molecule has 1 heteroatoms. The van der Waals surface area contributed by atoms with Crippen molar-refractivity contribution in [1.29, 1.82) is 0 Å². The molecule has 0 aliphatic heterocycles. The standard InChI is InChI=1S/C18H36O/c1-7-8-9-10-11-12-13-17(6)14-18(19,15(2)3)16(4)5/h15-16,19H,6-14H2,1-5H3. The van der Waals surface area contributed by atoms with Crippen LogP contribution in [0.15, 0.2) is 12.2 Å². The summed E-state index contributed by atoms with van der Waals surface area (Å²) in [6.07, 6.45) is 9.76. The van der Waals surface area contributed by atoms with Crippen LogP contribution in [0.5, 0.6) is 0 Å². The molecule has 0 saturated carbocycles. The van der Waals surface area contributed by atoms with Crippen LogP contribution in [-0.2, 0) is 0 Å². The Bertz CT molecular complexity index is 232. The highest BCUT2D eigenvalue weighted by Crippen LogP contribution is 2.33. The summed E-state index contributed by atoms with van der Waals surface area (Å²) in [6.45, 7) is 14.9. The number of unbranched alkanes of at least 4 members (excludes halogenated alkanes) is 5. The second-order valence-corrected chi connectivity index (χ2v) is 6.75. The summed E-state index contributed by atoms with van der Waals surface area (Å²) >= 11 is 0. The summed E-state index contributed by atoms with van der Waals surface area (Å²) in [6, 6.07) is 0. The second kappa shape index (κ2) is 9.58. The van der Waals surface area contributed by atoms with Crippen molar-refractivity contribution in [2.75, 3.05) is 0 Å². The highest BCUT2D eigenvalue weighted by atomic mass is 16.3. The van der Waals surface area contributed by atoms with E-state index in [2.05, 4.69) is 41.2 Å². The average Bonchev–Trinajstić information content (AvgIpc) is 2.32. The third-order valence-corrected chi connectivity index (χ3v) is 4.42. The van der Waals surface area contributed by atoms with Gasteiger partial charge in [0.25, 0.3) is 0 Å². The largest absolute Gasteiger partial charge is 0.389 e. The van der Waals surface area contributed by atoms with E-state index < -0.39 is 5.60 Å². The lowest BCUT2D eigenvalue weighted by molar-refractivity contribution is -0.0466. The SMILES string of the molecule is C=C(CCCCCCCC)CC(O)(C(C)C)C(C)C. The van der Waals surface area contributed by atoms with E-state index in [1.54, 1.807) is 0 Å². The molecular weight excluding hydrogens is 232 g/mol. The minimum atomic E-state index is -0.584. The van der Waals surface area contributed by atoms with Gasteiger partial charge in [0.15, 0.2) is 0 Å². The molecule has 0 spiro atoms. The van der Waals surface area contributed by atoms with Crippen molar-refractivity contribution in [1.82, 2.24) is 0 Å². The molecule has 0 radical (unpaired) electrons. The van der Waals surface area contributed by atoms with E-state index >= 15 is 0 Å². The van der Waals surface area contributed by atoms with E-state index in [1.165, 1.54) is 44.1 Å². The van der Waals surface area contributed by atoms with Gasteiger partial charge in [-0.25, -0.2) is 0 Å². The Hall–Kier alpha value is -0.300. The summed E-state index contributed by atoms with van der Waals surface area (Å²) in [4.78, 5) is 0. The maximum absolute atomic E-state index is 10.7. The van der Waals surface area contributed by atoms with Crippen molar-refractivity contribution in [3.63, 3.8) is 0 Å². The first-order valence-corrected chi connectivity index (χ1v) is 8.23. The van der Waals surface area contributed by atoms with E-state index in [0.717, 1.165) is 12.8 Å². The van der Waals surface area contributed by atoms with Crippen molar-refractivity contribution in [2.45, 2.75) is 91.6 Å². The molecule has 0 rings (SSSR count). The molecular formula is C18H36O. The second-order valence-electron chi connectivity index (χ2n) is 6.75. The number of hydrogen-bond donors (Lipinski definition) is 1. The van der Waals surface area contributed by atoms with Gasteiger partial charge in [-0.2, -0.15) is 0 Å². The van der Waals surface area contributed by atoms with Crippen LogP contribution in [0.2, 0.25) is 0 Å². The lowest BCUT2D eigenvalue weighted by atomic mass is 9.75. The normalized spacial score (nSPS) is 12.4. The quantitative estimate of drug-likeness (QED) is 0.375. The van der Waals surface area contributed by atoms with Crippen molar-refractivity contribution < 1.29 is 5.11 Å². The van der Waals surface area contributed by atoms with Crippen molar-refractivity contribution in [3.8, 4) is 0 Å². The molecule has 0 unspecified atom stereocenters. The smallest absolute Gasteiger partial charge is 0.0730 e. The Balaban J connectivity index is 3.96. The van der Waals surface area contributed by atoms with Crippen molar-refractivity contribution in [3.05, 3.63) is 12.2 Å². The maximum Gasteiger partial charge on any atom is 0.0730 e. The minimum absolute atomic E-state index is 0.286. The van der Waals surface area contributed by atoms with Gasteiger partial charge in [0.1, 0.15) is 0 Å². The number of aliphatic hydroxyl groups is 1. The Morgan fingerprint density at radius 3 is 1.89 bits per heavy atom. The van der Waals surface area contributed by atoms with Gasteiger partial charge in [-0.05, 0) is 31.1 Å². The van der Waals surface area contributed by atoms with Crippen LogP contribution in [0.1, 0.15) is 86.0 Å². The number of hydrogen-bond acceptors (Lipinski definition) is 1. The van der Waals surface area contributed by atoms with E-state index in [4.69, 9.17) is 0 Å². The molecule has 0 aromatic carbocycles. The first kappa shape index (κ1) is 18.7. The van der Waals surface area contributed by atoms with Gasteiger partial charge < -0.3 is 5.11 Å². The van der Waals surface area contributed by atoms with Gasteiger partial charge in [-0.15, -0.1) is 0 Å². The van der Waals surface area contributed by atoms with E-state index in [1.807, 2.05) is 0 Å². The number of rotatable bonds is 11. The third-order valence-electron chi connectivity index (χ3n) is 4.42. The highest BCUT2D eigenvalue weighted by molar-refractivity contribution is 5.03. The van der Waals surface area contributed by atoms with Gasteiger partial charge in [0.05, 0.1) is 5.60 Å². The molecule has 19 heavy (non-hydrogen) atoms. The predicted molar refractivity (Wildman–Crippen MR) is 86.4 cm³/mol. The van der Waals surface area contributed by atoms with E-state index in [-0.39, 0.29) is 11.8 Å². The first-order chi connectivity index (χ1) is 8.84. The van der Waals surface area contributed by atoms with Crippen molar-refractivity contribution in [2.24, 2.45) is 11.8 Å². The topological polar surface area (TPSA) is 20.2 Å². The zero-order valence-corrected chi connectivity index (χ0v) is 14.0. The molecule has 0 aromatic rings. The predicted octanol–water partition coefficient (Wildman–Crippen LogP) is 5.73. The summed E-state index contributed by atoms with van der Waals surface area (Å²) in [7, 11) is 0. The molecule has 1 N–H and O–H groups in total. The van der Waals surface area contributed by atoms with Gasteiger partial charge in [-0.3, -0.25) is 0 Å². The molecule has 1 nitrogen and oxygen atoms in total. The Kier molecular flexibility index (Phi) is 9.43. The third kappa shape index (κ3) is 7.15. The molecule has 0 fully saturated rings. The lowest BCUT2D eigenvalue weighted by Gasteiger charge is -2.37. The summed E-state index contributed by atoms with van der Waals surface area (Å²) < 4.78 is 0. The Morgan fingerprint density at radius 2 is 1.42 bits per heavy atom. The molecule has 0 atom stereocenters. The van der Waals surface area contributed by atoms with Crippen LogP contribution < -0.4 is 0 Å². The van der Waals surface area contributed by atoms with Crippen molar-refractivity contribution >= 4 is 0 Å². The van der Waals surface area contributed by atoms with Crippen LogP contribution in [-0.4, -0.2) is 10.7 Å². The van der Waals surface area contributed by atoms with E-state index in [0.29, 0.717) is 0 Å². The fraction of sp³-hybridized carbons (Fsp3) is 0.889. The molecule has 0 aromatic heterocycles. The minimum Gasteiger partial charge on any atom is -0.389 e. The molecule has 0 aliphatic carbocycles. The maximum atomic E-state index is 10.7. The summed E-state index contributed by atoms with van der Waals surface area (Å²) in [5.41, 5.74) is 0.639. The fourth-order valence-electron chi connectivity index (χ4n) is 2.72. The van der Waals surface area contributed by atoms with Gasteiger partial charge in [0, 0.05) is 0 Å². The Labute approximate surface area is 121 Å². The molecule has 0 saturated heterocycles. The fourth-order valence-corrected chi connectivity index (χ4v) is 2.72. The van der Waals surface area contributed by atoms with Gasteiger partial charge in [-0.1, -0.05) is 78.9 Å². The average molecular weight is 268 g/mol. The Morgan fingerprint density at radius 1 is 0.947 bits per heavy atom. The van der Waals surface area contributed by atoms with Crippen LogP contribution >= 0.6 is 0 Å². The monoisotopic (exact) mass is 268 g/mol. The zero-order valence-electron chi connectivity index (χ0n) is 14.0. The van der Waals surface area contributed by atoms with Crippen LogP contribution in [0, 0.1) is 11.8 Å². The molecule has 0 bridgehead atoms. The lowest BCUT2D eigenvalue weighted by Crippen LogP contribution is -2.40. The summed E-state index contributed by atoms with van der Waals surface area (Å²) in [5.74, 6) is 0.572. The molecule has 0 aliphatic rings. The van der Waals surface area contributed by atoms with Gasteiger partial charge in [0.2, 0.25) is 0 Å². The molecule has 0 amide bonds. The van der Waals surface area contributed by atoms with Crippen LogP contribution in [0.25, 0.3) is 0 Å². The first-order valence-electron chi connectivity index (χ1n) is 8.23. The van der Waals surface area contributed by atoms with Crippen LogP contribution in [0.4, 0.5) is 0 Å². The van der Waals surface area contributed by atoms with Gasteiger partial charge >= 0.3 is 0 Å². The molecule has 114 valence electrons. The summed E-state index contributed by atoms with van der Waals surface area (Å²) in [5, 5.41) is 10.7. The highest BCUT2D eigenvalue weighted by Gasteiger charge is 2.34. The van der Waals surface area contributed by atoms with Crippen LogP contribution in [0.3, 0.4) is 0 Å². The zero-order chi connectivity index (χ0) is 14.9. The van der Waals surface area contributed by atoms with E-state index in [9.17, 15) is 5.11 Å².